The first-order valence-corrected chi connectivity index (χ1v) is 6.58. The van der Waals surface area contributed by atoms with Gasteiger partial charge in [0.15, 0.2) is 0 Å². The molecule has 0 aliphatic rings. The van der Waals surface area contributed by atoms with Crippen molar-refractivity contribution >= 4 is 0 Å². The number of hydrogen-bond donors (Lipinski definition) is 1. The molecule has 1 heterocycles. The quantitative estimate of drug-likeness (QED) is 0.920. The Kier molecular flexibility index (Phi) is 3.71. The zero-order chi connectivity index (χ0) is 14.0. The van der Waals surface area contributed by atoms with Crippen molar-refractivity contribution in [3.05, 3.63) is 41.5 Å². The Morgan fingerprint density at radius 1 is 1.21 bits per heavy atom. The van der Waals surface area contributed by atoms with E-state index in [-0.39, 0.29) is 5.54 Å². The van der Waals surface area contributed by atoms with Crippen molar-refractivity contribution in [3.63, 3.8) is 0 Å². The van der Waals surface area contributed by atoms with Gasteiger partial charge in [0.1, 0.15) is 12.2 Å². The van der Waals surface area contributed by atoms with Crippen LogP contribution in [0.2, 0.25) is 0 Å². The van der Waals surface area contributed by atoms with Crippen molar-refractivity contribution in [1.82, 2.24) is 20.1 Å². The fourth-order valence-corrected chi connectivity index (χ4v) is 1.88. The highest BCUT2D eigenvalue weighted by atomic mass is 15.3. The van der Waals surface area contributed by atoms with Crippen LogP contribution in [0, 0.1) is 13.8 Å². The molecule has 19 heavy (non-hydrogen) atoms. The van der Waals surface area contributed by atoms with Gasteiger partial charge in [-0.25, -0.2) is 9.67 Å². The molecule has 2 rings (SSSR count). The molecule has 0 bridgehead atoms. The molecule has 0 saturated carbocycles. The minimum absolute atomic E-state index is 0.0679. The second-order valence-electron chi connectivity index (χ2n) is 5.98. The molecule has 1 N–H and O–H groups in total. The molecule has 0 atom stereocenters. The number of nitrogens with zero attached hydrogens (tertiary/aromatic N) is 3. The lowest BCUT2D eigenvalue weighted by Gasteiger charge is -2.20. The Balaban J connectivity index is 2.31. The lowest BCUT2D eigenvalue weighted by molar-refractivity contribution is 0.415. The Hall–Kier alpha value is -1.68. The molecule has 0 amide bonds. The van der Waals surface area contributed by atoms with E-state index in [1.54, 1.807) is 6.33 Å². The number of hydrogen-bond acceptors (Lipinski definition) is 3. The van der Waals surface area contributed by atoms with E-state index in [1.165, 1.54) is 11.1 Å². The third kappa shape index (κ3) is 3.41. The summed E-state index contributed by atoms with van der Waals surface area (Å²) in [4.78, 5) is 4.36. The first kappa shape index (κ1) is 13.7. The Labute approximate surface area is 114 Å². The summed E-state index contributed by atoms with van der Waals surface area (Å²) in [5, 5.41) is 7.80. The Morgan fingerprint density at radius 2 is 1.95 bits per heavy atom. The van der Waals surface area contributed by atoms with E-state index >= 15 is 0 Å². The number of nitrogens with one attached hydrogen (secondary N) is 1. The number of benzene rings is 1. The third-order valence-electron chi connectivity index (χ3n) is 2.99. The highest BCUT2D eigenvalue weighted by molar-refractivity contribution is 5.42. The van der Waals surface area contributed by atoms with Crippen LogP contribution in [0.4, 0.5) is 0 Å². The van der Waals surface area contributed by atoms with E-state index in [9.17, 15) is 0 Å². The normalized spacial score (nSPS) is 11.8. The van der Waals surface area contributed by atoms with Gasteiger partial charge in [0.25, 0.3) is 0 Å². The SMILES string of the molecule is Cc1ccc(C)c(-n2ncnc2CNC(C)(C)C)c1. The Morgan fingerprint density at radius 3 is 2.63 bits per heavy atom. The highest BCUT2D eigenvalue weighted by Crippen LogP contribution is 2.16. The fraction of sp³-hybridized carbons (Fsp3) is 0.467. The van der Waals surface area contributed by atoms with Crippen molar-refractivity contribution in [1.29, 1.82) is 0 Å². The lowest BCUT2D eigenvalue weighted by atomic mass is 10.1. The van der Waals surface area contributed by atoms with Crippen LogP contribution in [-0.4, -0.2) is 20.3 Å². The minimum Gasteiger partial charge on any atom is -0.305 e. The molecule has 102 valence electrons. The van der Waals surface area contributed by atoms with Crippen LogP contribution >= 0.6 is 0 Å². The van der Waals surface area contributed by atoms with Gasteiger partial charge in [0, 0.05) is 5.54 Å². The maximum absolute atomic E-state index is 4.36. The highest BCUT2D eigenvalue weighted by Gasteiger charge is 2.13. The maximum atomic E-state index is 4.36. The summed E-state index contributed by atoms with van der Waals surface area (Å²) in [5.74, 6) is 0.934. The lowest BCUT2D eigenvalue weighted by Crippen LogP contribution is -2.36. The van der Waals surface area contributed by atoms with Crippen LogP contribution in [-0.2, 0) is 6.54 Å². The average Bonchev–Trinajstić information content (AvgIpc) is 2.77. The van der Waals surface area contributed by atoms with Gasteiger partial charge in [0.2, 0.25) is 0 Å². The molecule has 0 spiro atoms. The van der Waals surface area contributed by atoms with E-state index in [1.807, 2.05) is 4.68 Å². The predicted octanol–water partition coefficient (Wildman–Crippen LogP) is 2.77. The molecule has 0 aliphatic carbocycles. The van der Waals surface area contributed by atoms with Crippen LogP contribution < -0.4 is 5.32 Å². The first-order chi connectivity index (χ1) is 8.87. The topological polar surface area (TPSA) is 42.7 Å². The molecule has 0 radical (unpaired) electrons. The molecular formula is C15H22N4. The predicted molar refractivity (Wildman–Crippen MR) is 77.4 cm³/mol. The summed E-state index contributed by atoms with van der Waals surface area (Å²) in [6.45, 7) is 11.3. The molecule has 4 nitrogen and oxygen atoms in total. The smallest absolute Gasteiger partial charge is 0.146 e. The number of rotatable bonds is 3. The van der Waals surface area contributed by atoms with Crippen LogP contribution in [0.5, 0.6) is 0 Å². The Bertz CT molecular complexity index is 564. The molecular weight excluding hydrogens is 236 g/mol. The second-order valence-corrected chi connectivity index (χ2v) is 5.98. The molecule has 1 aromatic heterocycles. The summed E-state index contributed by atoms with van der Waals surface area (Å²) >= 11 is 0. The van der Waals surface area contributed by atoms with Gasteiger partial charge >= 0.3 is 0 Å². The van der Waals surface area contributed by atoms with E-state index in [0.29, 0.717) is 6.54 Å². The summed E-state index contributed by atoms with van der Waals surface area (Å²) in [7, 11) is 0. The van der Waals surface area contributed by atoms with E-state index in [4.69, 9.17) is 0 Å². The maximum Gasteiger partial charge on any atom is 0.146 e. The third-order valence-corrected chi connectivity index (χ3v) is 2.99. The van der Waals surface area contributed by atoms with Crippen LogP contribution in [0.1, 0.15) is 37.7 Å². The average molecular weight is 258 g/mol. The summed E-state index contributed by atoms with van der Waals surface area (Å²) < 4.78 is 1.92. The zero-order valence-corrected chi connectivity index (χ0v) is 12.4. The standard InChI is InChI=1S/C15H22N4/c1-11-6-7-12(2)13(8-11)19-14(16-10-18-19)9-17-15(3,4)5/h6-8,10,17H,9H2,1-5H3. The summed E-state index contributed by atoms with van der Waals surface area (Å²) in [5.41, 5.74) is 3.60. The van der Waals surface area contributed by atoms with Gasteiger partial charge in [-0.05, 0) is 51.8 Å². The van der Waals surface area contributed by atoms with Gasteiger partial charge in [-0.3, -0.25) is 0 Å². The zero-order valence-electron chi connectivity index (χ0n) is 12.4. The molecule has 0 aliphatic heterocycles. The van der Waals surface area contributed by atoms with Gasteiger partial charge in [-0.1, -0.05) is 12.1 Å². The summed E-state index contributed by atoms with van der Waals surface area (Å²) in [6, 6.07) is 6.38. The van der Waals surface area contributed by atoms with Crippen molar-refractivity contribution in [3.8, 4) is 5.69 Å². The van der Waals surface area contributed by atoms with Gasteiger partial charge in [-0.2, -0.15) is 5.10 Å². The molecule has 0 fully saturated rings. The van der Waals surface area contributed by atoms with Crippen molar-refractivity contribution in [2.75, 3.05) is 0 Å². The second kappa shape index (κ2) is 5.13. The fourth-order valence-electron chi connectivity index (χ4n) is 1.88. The van der Waals surface area contributed by atoms with Crippen molar-refractivity contribution in [2.24, 2.45) is 0 Å². The van der Waals surface area contributed by atoms with Crippen molar-refractivity contribution in [2.45, 2.75) is 46.7 Å². The monoisotopic (exact) mass is 258 g/mol. The van der Waals surface area contributed by atoms with Crippen LogP contribution in [0.3, 0.4) is 0 Å². The van der Waals surface area contributed by atoms with E-state index in [2.05, 4.69) is 68.2 Å². The van der Waals surface area contributed by atoms with Crippen molar-refractivity contribution < 1.29 is 0 Å². The van der Waals surface area contributed by atoms with E-state index < -0.39 is 0 Å². The minimum atomic E-state index is 0.0679. The molecule has 4 heteroatoms. The molecule has 1 aromatic carbocycles. The molecule has 0 unspecified atom stereocenters. The van der Waals surface area contributed by atoms with Crippen LogP contribution in [0.15, 0.2) is 24.5 Å². The van der Waals surface area contributed by atoms with Gasteiger partial charge in [-0.15, -0.1) is 0 Å². The van der Waals surface area contributed by atoms with Crippen LogP contribution in [0.25, 0.3) is 5.69 Å². The summed E-state index contributed by atoms with van der Waals surface area (Å²) in [6.07, 6.45) is 1.61. The molecule has 0 saturated heterocycles. The van der Waals surface area contributed by atoms with Gasteiger partial charge in [0.05, 0.1) is 12.2 Å². The first-order valence-electron chi connectivity index (χ1n) is 6.58. The number of aryl methyl sites for hydroxylation is 2. The van der Waals surface area contributed by atoms with Gasteiger partial charge < -0.3 is 5.32 Å². The molecule has 2 aromatic rings. The van der Waals surface area contributed by atoms with E-state index in [0.717, 1.165) is 11.5 Å². The largest absolute Gasteiger partial charge is 0.305 e. The number of aromatic nitrogens is 3.